The van der Waals surface area contributed by atoms with Crippen molar-refractivity contribution in [1.29, 1.82) is 0 Å². The fraction of sp³-hybridized carbons (Fsp3) is 0.200. The monoisotopic (exact) mass is 224 g/mol. The second kappa shape index (κ2) is 3.55. The van der Waals surface area contributed by atoms with Gasteiger partial charge in [-0.25, -0.2) is 9.78 Å². The fourth-order valence-electron chi connectivity index (χ4n) is 1.48. The van der Waals surface area contributed by atoms with Crippen LogP contribution in [0.1, 0.15) is 23.1 Å². The van der Waals surface area contributed by atoms with E-state index in [2.05, 4.69) is 4.98 Å². The number of fused-ring (bicyclic) bond motifs is 1. The second-order valence-corrected chi connectivity index (χ2v) is 3.51. The minimum absolute atomic E-state index is 0.228. The van der Waals surface area contributed by atoms with Crippen LogP contribution in [0.15, 0.2) is 18.3 Å². The van der Waals surface area contributed by atoms with E-state index in [-0.39, 0.29) is 5.56 Å². The lowest BCUT2D eigenvalue weighted by atomic mass is 10.3. The van der Waals surface area contributed by atoms with E-state index in [1.165, 1.54) is 12.3 Å². The molecule has 0 aliphatic carbocycles. The number of halogens is 1. The van der Waals surface area contributed by atoms with Crippen LogP contribution >= 0.6 is 11.6 Å². The first-order chi connectivity index (χ1) is 7.13. The zero-order valence-electron chi connectivity index (χ0n) is 8.07. The molecular formula is C10H9ClN2O2. The van der Waals surface area contributed by atoms with Gasteiger partial charge in [-0.2, -0.15) is 0 Å². The molecule has 2 aromatic rings. The number of pyridine rings is 1. The molecule has 15 heavy (non-hydrogen) atoms. The van der Waals surface area contributed by atoms with Crippen LogP contribution in [0.5, 0.6) is 0 Å². The van der Waals surface area contributed by atoms with Crippen LogP contribution < -0.4 is 0 Å². The Labute approximate surface area is 91.1 Å². The summed E-state index contributed by atoms with van der Waals surface area (Å²) in [6, 6.07) is 3.18. The highest BCUT2D eigenvalue weighted by Crippen LogP contribution is 2.19. The van der Waals surface area contributed by atoms with Crippen molar-refractivity contribution >= 4 is 23.1 Å². The van der Waals surface area contributed by atoms with Gasteiger partial charge in [0.15, 0.2) is 5.15 Å². The Hall–Kier alpha value is -1.55. The van der Waals surface area contributed by atoms with Gasteiger partial charge in [-0.15, -0.1) is 0 Å². The predicted octanol–water partition coefficient (Wildman–Crippen LogP) is 2.25. The minimum Gasteiger partial charge on any atom is -0.478 e. The number of rotatable bonds is 2. The number of nitrogens with zero attached hydrogens (tertiary/aromatic N) is 2. The molecule has 5 heteroatoms. The quantitative estimate of drug-likeness (QED) is 0.851. The Morgan fingerprint density at radius 1 is 1.60 bits per heavy atom. The van der Waals surface area contributed by atoms with Crippen molar-refractivity contribution in [2.75, 3.05) is 0 Å². The van der Waals surface area contributed by atoms with Crippen LogP contribution in [0.2, 0.25) is 5.15 Å². The molecule has 0 fully saturated rings. The molecule has 0 amide bonds. The molecule has 0 aliphatic heterocycles. The van der Waals surface area contributed by atoms with Crippen LogP contribution in [-0.2, 0) is 6.42 Å². The van der Waals surface area contributed by atoms with Crippen LogP contribution in [0.4, 0.5) is 0 Å². The maximum Gasteiger partial charge on any atom is 0.337 e. The van der Waals surface area contributed by atoms with Crippen molar-refractivity contribution in [3.8, 4) is 0 Å². The molecule has 2 aromatic heterocycles. The topological polar surface area (TPSA) is 54.6 Å². The maximum atomic E-state index is 10.8. The highest BCUT2D eigenvalue weighted by molar-refractivity contribution is 6.32. The molecule has 0 saturated heterocycles. The third kappa shape index (κ3) is 1.57. The van der Waals surface area contributed by atoms with Crippen LogP contribution in [0.3, 0.4) is 0 Å². The van der Waals surface area contributed by atoms with E-state index >= 15 is 0 Å². The summed E-state index contributed by atoms with van der Waals surface area (Å²) in [5, 5.41) is 9.25. The summed E-state index contributed by atoms with van der Waals surface area (Å²) in [4.78, 5) is 14.9. The Kier molecular flexibility index (Phi) is 2.36. The molecule has 0 radical (unpaired) electrons. The number of aryl methyl sites for hydroxylation is 1. The molecule has 2 heterocycles. The van der Waals surface area contributed by atoms with Gasteiger partial charge in [0.1, 0.15) is 5.82 Å². The number of aromatic nitrogens is 2. The zero-order valence-corrected chi connectivity index (χ0v) is 8.82. The van der Waals surface area contributed by atoms with Crippen molar-refractivity contribution in [2.24, 2.45) is 0 Å². The Morgan fingerprint density at radius 2 is 2.33 bits per heavy atom. The van der Waals surface area contributed by atoms with Gasteiger partial charge in [-0.05, 0) is 12.1 Å². The molecule has 0 spiro atoms. The lowest BCUT2D eigenvalue weighted by Gasteiger charge is -1.99. The average molecular weight is 225 g/mol. The van der Waals surface area contributed by atoms with Crippen molar-refractivity contribution in [3.63, 3.8) is 0 Å². The molecule has 4 nitrogen and oxygen atoms in total. The van der Waals surface area contributed by atoms with Gasteiger partial charge >= 0.3 is 5.97 Å². The zero-order chi connectivity index (χ0) is 11.0. The van der Waals surface area contributed by atoms with Crippen molar-refractivity contribution in [2.45, 2.75) is 13.3 Å². The van der Waals surface area contributed by atoms with Gasteiger partial charge in [0, 0.05) is 12.6 Å². The Morgan fingerprint density at radius 3 is 2.93 bits per heavy atom. The normalized spacial score (nSPS) is 10.8. The van der Waals surface area contributed by atoms with Gasteiger partial charge < -0.3 is 9.51 Å². The summed E-state index contributed by atoms with van der Waals surface area (Å²) in [6.45, 7) is 1.94. The molecule has 0 unspecified atom stereocenters. The highest BCUT2D eigenvalue weighted by Gasteiger charge is 2.10. The van der Waals surface area contributed by atoms with Gasteiger partial charge in [0.2, 0.25) is 0 Å². The number of carboxylic acids is 1. The standard InChI is InChI=1S/C10H9ClN2O2/c1-2-8-12-9(11)7-4-3-6(10(14)15)5-13(7)8/h3-5H,2H2,1H3,(H,14,15). The Bertz CT molecular complexity index is 533. The second-order valence-electron chi connectivity index (χ2n) is 3.15. The third-order valence-electron chi connectivity index (χ3n) is 2.23. The van der Waals surface area contributed by atoms with E-state index in [4.69, 9.17) is 16.7 Å². The van der Waals surface area contributed by atoms with Crippen LogP contribution in [0, 0.1) is 0 Å². The van der Waals surface area contributed by atoms with Crippen molar-refractivity contribution in [3.05, 3.63) is 34.9 Å². The van der Waals surface area contributed by atoms with Crippen LogP contribution in [-0.4, -0.2) is 20.5 Å². The largest absolute Gasteiger partial charge is 0.478 e. The van der Waals surface area contributed by atoms with Crippen LogP contribution in [0.25, 0.3) is 5.52 Å². The van der Waals surface area contributed by atoms with E-state index in [1.54, 1.807) is 10.5 Å². The number of hydrogen-bond donors (Lipinski definition) is 1. The third-order valence-corrected chi connectivity index (χ3v) is 2.51. The summed E-state index contributed by atoms with van der Waals surface area (Å²) >= 11 is 5.91. The van der Waals surface area contributed by atoms with E-state index in [9.17, 15) is 4.79 Å². The molecule has 1 N–H and O–H groups in total. The smallest absolute Gasteiger partial charge is 0.337 e. The SMILES string of the molecule is CCc1nc(Cl)c2ccc(C(=O)O)cn12. The molecule has 0 atom stereocenters. The molecular weight excluding hydrogens is 216 g/mol. The van der Waals surface area contributed by atoms with E-state index in [1.807, 2.05) is 6.92 Å². The molecule has 0 bridgehead atoms. The van der Waals surface area contributed by atoms with E-state index < -0.39 is 5.97 Å². The van der Waals surface area contributed by atoms with E-state index in [0.717, 1.165) is 11.3 Å². The number of carbonyl (C=O) groups is 1. The highest BCUT2D eigenvalue weighted by atomic mass is 35.5. The van der Waals surface area contributed by atoms with Gasteiger partial charge in [-0.1, -0.05) is 18.5 Å². The first-order valence-corrected chi connectivity index (χ1v) is 4.91. The lowest BCUT2D eigenvalue weighted by molar-refractivity contribution is 0.0696. The minimum atomic E-state index is -0.955. The summed E-state index contributed by atoms with van der Waals surface area (Å²) in [5.41, 5.74) is 0.963. The summed E-state index contributed by atoms with van der Waals surface area (Å²) in [5.74, 6) is -0.193. The van der Waals surface area contributed by atoms with Gasteiger partial charge in [0.05, 0.1) is 11.1 Å². The first-order valence-electron chi connectivity index (χ1n) is 4.53. The first kappa shape index (κ1) is 9.98. The number of hydrogen-bond acceptors (Lipinski definition) is 2. The number of aromatic carboxylic acids is 1. The molecule has 0 aliphatic rings. The molecule has 2 rings (SSSR count). The summed E-state index contributed by atoms with van der Waals surface area (Å²) in [7, 11) is 0. The summed E-state index contributed by atoms with van der Waals surface area (Å²) < 4.78 is 1.71. The van der Waals surface area contributed by atoms with Gasteiger partial charge in [0.25, 0.3) is 0 Å². The van der Waals surface area contributed by atoms with E-state index in [0.29, 0.717) is 11.6 Å². The molecule has 78 valence electrons. The number of carboxylic acid groups (broad SMARTS) is 1. The Balaban J connectivity index is 2.73. The number of imidazole rings is 1. The van der Waals surface area contributed by atoms with Crippen molar-refractivity contribution in [1.82, 2.24) is 9.38 Å². The molecule has 0 aromatic carbocycles. The van der Waals surface area contributed by atoms with Crippen molar-refractivity contribution < 1.29 is 9.90 Å². The average Bonchev–Trinajstić information content (AvgIpc) is 2.55. The lowest BCUT2D eigenvalue weighted by Crippen LogP contribution is -2.00. The van der Waals surface area contributed by atoms with Gasteiger partial charge in [-0.3, -0.25) is 0 Å². The fourth-order valence-corrected chi connectivity index (χ4v) is 1.73. The predicted molar refractivity (Wildman–Crippen MR) is 56.5 cm³/mol. The summed E-state index contributed by atoms with van der Waals surface area (Å²) in [6.07, 6.45) is 2.24. The molecule has 0 saturated carbocycles. The maximum absolute atomic E-state index is 10.8.